The molecule has 132 valence electrons. The number of benzene rings is 2. The van der Waals surface area contributed by atoms with E-state index in [1.54, 1.807) is 6.20 Å². The fourth-order valence-electron chi connectivity index (χ4n) is 3.51. The Hall–Kier alpha value is -3.08. The average Bonchev–Trinajstić information content (AvgIpc) is 3.28. The summed E-state index contributed by atoms with van der Waals surface area (Å²) in [5.74, 6) is 0.370. The summed E-state index contributed by atoms with van der Waals surface area (Å²) in [5.41, 5.74) is 4.51. The van der Waals surface area contributed by atoms with Crippen LogP contribution in [0.1, 0.15) is 29.5 Å². The van der Waals surface area contributed by atoms with Gasteiger partial charge in [0.1, 0.15) is 0 Å². The summed E-state index contributed by atoms with van der Waals surface area (Å²) in [6, 6.07) is 18.3. The van der Waals surface area contributed by atoms with E-state index in [0.717, 1.165) is 24.3 Å². The van der Waals surface area contributed by atoms with Gasteiger partial charge in [-0.25, -0.2) is 4.79 Å². The van der Waals surface area contributed by atoms with Gasteiger partial charge in [0.05, 0.1) is 6.54 Å². The van der Waals surface area contributed by atoms with Crippen LogP contribution in [-0.2, 0) is 13.1 Å². The van der Waals surface area contributed by atoms with E-state index in [2.05, 4.69) is 35.5 Å². The normalized spacial score (nSPS) is 15.7. The van der Waals surface area contributed by atoms with Crippen molar-refractivity contribution < 1.29 is 4.79 Å². The van der Waals surface area contributed by atoms with E-state index in [4.69, 9.17) is 0 Å². The Kier molecular flexibility index (Phi) is 4.44. The summed E-state index contributed by atoms with van der Waals surface area (Å²) in [4.78, 5) is 14.5. The van der Waals surface area contributed by atoms with Gasteiger partial charge in [0, 0.05) is 37.1 Å². The van der Waals surface area contributed by atoms with Gasteiger partial charge in [0.25, 0.3) is 0 Å². The van der Waals surface area contributed by atoms with Gasteiger partial charge in [0.15, 0.2) is 0 Å². The number of urea groups is 1. The monoisotopic (exact) mass is 346 g/mol. The zero-order valence-corrected chi connectivity index (χ0v) is 14.8. The van der Waals surface area contributed by atoms with Crippen molar-refractivity contribution >= 4 is 11.7 Å². The van der Waals surface area contributed by atoms with E-state index in [1.807, 2.05) is 52.2 Å². The van der Waals surface area contributed by atoms with Crippen molar-refractivity contribution in [2.75, 3.05) is 11.4 Å². The molecule has 5 heteroatoms. The number of amides is 2. The first-order valence-electron chi connectivity index (χ1n) is 8.90. The molecule has 1 aliphatic heterocycles. The van der Waals surface area contributed by atoms with Crippen LogP contribution in [0.3, 0.4) is 0 Å². The first kappa shape index (κ1) is 16.4. The van der Waals surface area contributed by atoms with E-state index in [-0.39, 0.29) is 6.03 Å². The molecule has 4 rings (SSSR count). The van der Waals surface area contributed by atoms with Gasteiger partial charge in [-0.1, -0.05) is 49.4 Å². The van der Waals surface area contributed by atoms with Gasteiger partial charge < -0.3 is 5.32 Å². The Bertz CT molecular complexity index is 904. The molecule has 0 saturated heterocycles. The molecule has 0 bridgehead atoms. The van der Waals surface area contributed by atoms with Crippen LogP contribution in [0.4, 0.5) is 10.5 Å². The molecule has 5 nitrogen and oxygen atoms in total. The topological polar surface area (TPSA) is 50.2 Å². The number of nitrogens with one attached hydrogen (secondary N) is 1. The summed E-state index contributed by atoms with van der Waals surface area (Å²) in [6.45, 7) is 4.13. The molecule has 0 radical (unpaired) electrons. The number of carbonyl (C=O) groups excluding carboxylic acids is 1. The van der Waals surface area contributed by atoms with Crippen molar-refractivity contribution in [1.82, 2.24) is 15.1 Å². The Morgan fingerprint density at radius 1 is 1.15 bits per heavy atom. The highest BCUT2D eigenvalue weighted by Crippen LogP contribution is 2.35. The van der Waals surface area contributed by atoms with E-state index in [1.165, 1.54) is 11.1 Å². The Labute approximate surface area is 153 Å². The van der Waals surface area contributed by atoms with Crippen LogP contribution in [0.15, 0.2) is 67.0 Å². The second-order valence-corrected chi connectivity index (χ2v) is 6.75. The minimum absolute atomic E-state index is 0.0423. The molecule has 1 aromatic heterocycles. The second-order valence-electron chi connectivity index (χ2n) is 6.75. The molecule has 0 spiro atoms. The number of aromatic nitrogens is 2. The third-order valence-electron chi connectivity index (χ3n) is 4.80. The molecule has 1 atom stereocenters. The SMILES string of the molecule is CC1CN(C(=O)NCc2cccc(Cn3cccn3)c2)c2ccccc21. The largest absolute Gasteiger partial charge is 0.334 e. The van der Waals surface area contributed by atoms with Gasteiger partial charge in [-0.05, 0) is 28.8 Å². The van der Waals surface area contributed by atoms with E-state index in [0.29, 0.717) is 12.5 Å². The predicted molar refractivity (Wildman–Crippen MR) is 102 cm³/mol. The average molecular weight is 346 g/mol. The molecule has 0 saturated carbocycles. The molecule has 3 aromatic rings. The molecule has 26 heavy (non-hydrogen) atoms. The zero-order chi connectivity index (χ0) is 17.9. The molecular formula is C21H22N4O. The summed E-state index contributed by atoms with van der Waals surface area (Å²) < 4.78 is 1.89. The van der Waals surface area contributed by atoms with Crippen molar-refractivity contribution in [2.45, 2.75) is 25.9 Å². The van der Waals surface area contributed by atoms with Gasteiger partial charge in [-0.3, -0.25) is 9.58 Å². The number of para-hydroxylation sites is 1. The smallest absolute Gasteiger partial charge is 0.322 e. The lowest BCUT2D eigenvalue weighted by atomic mass is 10.0. The Morgan fingerprint density at radius 3 is 2.85 bits per heavy atom. The molecule has 1 N–H and O–H groups in total. The Balaban J connectivity index is 1.41. The van der Waals surface area contributed by atoms with Crippen LogP contribution in [0, 0.1) is 0 Å². The molecular weight excluding hydrogens is 324 g/mol. The summed E-state index contributed by atoms with van der Waals surface area (Å²) in [6.07, 6.45) is 3.72. The molecule has 2 amide bonds. The minimum atomic E-state index is -0.0423. The fraction of sp³-hybridized carbons (Fsp3) is 0.238. The summed E-state index contributed by atoms with van der Waals surface area (Å²) in [7, 11) is 0. The highest BCUT2D eigenvalue weighted by atomic mass is 16.2. The predicted octanol–water partition coefficient (Wildman–Crippen LogP) is 3.76. The number of anilines is 1. The first-order valence-corrected chi connectivity index (χ1v) is 8.90. The van der Waals surface area contributed by atoms with Crippen LogP contribution in [-0.4, -0.2) is 22.4 Å². The van der Waals surface area contributed by atoms with Crippen molar-refractivity contribution in [3.63, 3.8) is 0 Å². The highest BCUT2D eigenvalue weighted by Gasteiger charge is 2.29. The molecule has 0 aliphatic carbocycles. The van der Waals surface area contributed by atoms with Crippen molar-refractivity contribution in [1.29, 1.82) is 0 Å². The van der Waals surface area contributed by atoms with E-state index >= 15 is 0 Å². The first-order chi connectivity index (χ1) is 12.7. The van der Waals surface area contributed by atoms with Crippen molar-refractivity contribution in [3.05, 3.63) is 83.7 Å². The number of fused-ring (bicyclic) bond motifs is 1. The maximum absolute atomic E-state index is 12.7. The third kappa shape index (κ3) is 3.33. The number of carbonyl (C=O) groups is 1. The zero-order valence-electron chi connectivity index (χ0n) is 14.8. The van der Waals surface area contributed by atoms with Gasteiger partial charge in [-0.2, -0.15) is 5.10 Å². The lowest BCUT2D eigenvalue weighted by Crippen LogP contribution is -2.38. The van der Waals surface area contributed by atoms with Gasteiger partial charge >= 0.3 is 6.03 Å². The highest BCUT2D eigenvalue weighted by molar-refractivity contribution is 5.94. The third-order valence-corrected chi connectivity index (χ3v) is 4.80. The van der Waals surface area contributed by atoms with Gasteiger partial charge in [-0.15, -0.1) is 0 Å². The van der Waals surface area contributed by atoms with E-state index < -0.39 is 0 Å². The fourth-order valence-corrected chi connectivity index (χ4v) is 3.51. The summed E-state index contributed by atoms with van der Waals surface area (Å²) >= 11 is 0. The number of hydrogen-bond acceptors (Lipinski definition) is 2. The molecule has 1 aliphatic rings. The van der Waals surface area contributed by atoms with Crippen LogP contribution >= 0.6 is 0 Å². The quantitative estimate of drug-likeness (QED) is 0.782. The minimum Gasteiger partial charge on any atom is -0.334 e. The van der Waals surface area contributed by atoms with Crippen molar-refractivity contribution in [2.24, 2.45) is 0 Å². The van der Waals surface area contributed by atoms with Crippen LogP contribution in [0.5, 0.6) is 0 Å². The Morgan fingerprint density at radius 2 is 2.00 bits per heavy atom. The second kappa shape index (κ2) is 7.04. The number of rotatable bonds is 4. The molecule has 0 fully saturated rings. The maximum atomic E-state index is 12.7. The van der Waals surface area contributed by atoms with Crippen LogP contribution < -0.4 is 10.2 Å². The number of hydrogen-bond donors (Lipinski definition) is 1. The molecule has 2 heterocycles. The maximum Gasteiger partial charge on any atom is 0.322 e. The number of nitrogens with zero attached hydrogens (tertiary/aromatic N) is 3. The molecule has 2 aromatic carbocycles. The summed E-state index contributed by atoms with van der Waals surface area (Å²) in [5, 5.41) is 7.29. The van der Waals surface area contributed by atoms with Gasteiger partial charge in [0.2, 0.25) is 0 Å². The van der Waals surface area contributed by atoms with Crippen LogP contribution in [0.25, 0.3) is 0 Å². The van der Waals surface area contributed by atoms with Crippen LogP contribution in [0.2, 0.25) is 0 Å². The molecule has 1 unspecified atom stereocenters. The lowest BCUT2D eigenvalue weighted by molar-refractivity contribution is 0.246. The van der Waals surface area contributed by atoms with E-state index in [9.17, 15) is 4.79 Å². The lowest BCUT2D eigenvalue weighted by Gasteiger charge is -2.18. The standard InChI is InChI=1S/C21H22N4O/c1-16-14-25(20-9-3-2-8-19(16)20)21(26)22-13-17-6-4-7-18(12-17)15-24-11-5-10-23-24/h2-12,16H,13-15H2,1H3,(H,22,26). The van der Waals surface area contributed by atoms with Crippen molar-refractivity contribution in [3.8, 4) is 0 Å².